The monoisotopic (exact) mass is 491 g/mol. The number of anilines is 1. The Hall–Kier alpha value is -4.73. The van der Waals surface area contributed by atoms with Crippen LogP contribution in [0.5, 0.6) is 11.8 Å². The molecule has 0 spiro atoms. The Labute approximate surface area is 206 Å². The number of carbonyl (C=O) groups is 3. The molecule has 1 aromatic heterocycles. The smallest absolute Gasteiger partial charge is 0.492 e. The summed E-state index contributed by atoms with van der Waals surface area (Å²) in [6.45, 7) is 6.60. The fraction of sp³-hybridized carbons (Fsp3) is 0.192. The molecule has 4 rings (SSSR count). The molecule has 0 fully saturated rings. The molecule has 0 saturated carbocycles. The molecule has 0 radical (unpaired) electrons. The van der Waals surface area contributed by atoms with E-state index in [9.17, 15) is 24.6 Å². The van der Waals surface area contributed by atoms with E-state index in [2.05, 4.69) is 17.2 Å². The zero-order valence-electron chi connectivity index (χ0n) is 19.6. The molecule has 2 atom stereocenters. The Balaban J connectivity index is 1.51. The molecule has 4 N–H and O–H groups in total. The molecule has 2 unspecified atom stereocenters. The van der Waals surface area contributed by atoms with Crippen LogP contribution in [0.15, 0.2) is 66.7 Å². The number of nitrogens with one attached hydrogen (secondary N) is 2. The molecule has 10 heteroatoms. The van der Waals surface area contributed by atoms with Gasteiger partial charge in [0.2, 0.25) is 23.6 Å². The number of aromatic hydroxyl groups is 2. The standard InChI is InChI=1S/C26H25N3O7/c1-14(2)24(32)27-15(3)25(33)28-16-8-9-19-17-6-4-5-7-18(17)21(20(19)12-16)13-35-26(34)36-29-22(30)10-11-23(29)31/h4-12,15,21,30-31H,1,13H2,2-3H3,(H,27,32)(H,28,33). The van der Waals surface area contributed by atoms with E-state index in [0.29, 0.717) is 16.0 Å². The normalized spacial score (nSPS) is 14.2. The Morgan fingerprint density at radius 1 is 1.03 bits per heavy atom. The van der Waals surface area contributed by atoms with Gasteiger partial charge in [-0.2, -0.15) is 0 Å². The van der Waals surface area contributed by atoms with Crippen molar-refractivity contribution >= 4 is 23.7 Å². The lowest BCUT2D eigenvalue weighted by atomic mass is 9.97. The molecule has 1 aliphatic rings. The number of benzene rings is 2. The van der Waals surface area contributed by atoms with E-state index in [1.807, 2.05) is 30.3 Å². The van der Waals surface area contributed by atoms with Crippen molar-refractivity contribution in [2.75, 3.05) is 11.9 Å². The maximum absolute atomic E-state index is 12.6. The summed E-state index contributed by atoms with van der Waals surface area (Å²) in [5, 5.41) is 24.7. The molecule has 186 valence electrons. The number of fused-ring (bicyclic) bond motifs is 3. The molecule has 36 heavy (non-hydrogen) atoms. The average Bonchev–Trinajstić information content (AvgIpc) is 3.33. The summed E-state index contributed by atoms with van der Waals surface area (Å²) in [6.07, 6.45) is -1.12. The van der Waals surface area contributed by atoms with Gasteiger partial charge >= 0.3 is 6.16 Å². The first-order chi connectivity index (χ1) is 17.2. The van der Waals surface area contributed by atoms with Crippen LogP contribution in [0.2, 0.25) is 0 Å². The van der Waals surface area contributed by atoms with Crippen molar-refractivity contribution in [3.8, 4) is 22.9 Å². The van der Waals surface area contributed by atoms with Crippen LogP contribution in [0.4, 0.5) is 10.5 Å². The number of hydrogen-bond donors (Lipinski definition) is 4. The van der Waals surface area contributed by atoms with Crippen LogP contribution in [-0.4, -0.2) is 45.6 Å². The van der Waals surface area contributed by atoms with E-state index in [4.69, 9.17) is 9.57 Å². The van der Waals surface area contributed by atoms with Crippen molar-refractivity contribution in [2.24, 2.45) is 0 Å². The van der Waals surface area contributed by atoms with Crippen LogP contribution in [0, 0.1) is 0 Å². The molecule has 3 aromatic rings. The van der Waals surface area contributed by atoms with E-state index >= 15 is 0 Å². The Morgan fingerprint density at radius 2 is 1.69 bits per heavy atom. The molecule has 2 aromatic carbocycles. The molecular formula is C26H25N3O7. The minimum absolute atomic E-state index is 0.0892. The number of amides is 2. The van der Waals surface area contributed by atoms with E-state index < -0.39 is 35.8 Å². The van der Waals surface area contributed by atoms with Crippen LogP contribution in [-0.2, 0) is 14.3 Å². The molecular weight excluding hydrogens is 466 g/mol. The topological polar surface area (TPSA) is 139 Å². The first kappa shape index (κ1) is 24.4. The van der Waals surface area contributed by atoms with E-state index in [-0.39, 0.29) is 12.5 Å². The fourth-order valence-corrected chi connectivity index (χ4v) is 3.95. The van der Waals surface area contributed by atoms with Gasteiger partial charge in [0, 0.05) is 29.3 Å². The lowest BCUT2D eigenvalue weighted by Gasteiger charge is -2.17. The molecule has 1 heterocycles. The van der Waals surface area contributed by atoms with Crippen LogP contribution in [0.3, 0.4) is 0 Å². The maximum atomic E-state index is 12.6. The summed E-state index contributed by atoms with van der Waals surface area (Å²) < 4.78 is 5.84. The van der Waals surface area contributed by atoms with Gasteiger partial charge in [-0.25, -0.2) is 4.79 Å². The predicted molar refractivity (Wildman–Crippen MR) is 130 cm³/mol. The van der Waals surface area contributed by atoms with E-state index in [0.717, 1.165) is 34.4 Å². The summed E-state index contributed by atoms with van der Waals surface area (Å²) in [5.74, 6) is -2.09. The first-order valence-electron chi connectivity index (χ1n) is 11.1. The highest BCUT2D eigenvalue weighted by Gasteiger charge is 2.30. The summed E-state index contributed by atoms with van der Waals surface area (Å²) in [6, 6.07) is 14.6. The Bertz CT molecular complexity index is 1340. The third-order valence-corrected chi connectivity index (χ3v) is 5.78. The van der Waals surface area contributed by atoms with Gasteiger partial charge in [-0.3, -0.25) is 14.4 Å². The quantitative estimate of drug-likeness (QED) is 0.294. The van der Waals surface area contributed by atoms with Crippen molar-refractivity contribution < 1.29 is 34.2 Å². The van der Waals surface area contributed by atoms with Gasteiger partial charge in [-0.1, -0.05) is 36.9 Å². The van der Waals surface area contributed by atoms with Gasteiger partial charge in [0.1, 0.15) is 12.6 Å². The van der Waals surface area contributed by atoms with Gasteiger partial charge in [-0.15, -0.1) is 4.73 Å². The summed E-state index contributed by atoms with van der Waals surface area (Å²) in [7, 11) is 0. The second-order valence-electron chi connectivity index (χ2n) is 8.40. The Morgan fingerprint density at radius 3 is 2.39 bits per heavy atom. The third kappa shape index (κ3) is 4.88. The largest absolute Gasteiger partial charge is 0.534 e. The van der Waals surface area contributed by atoms with E-state index in [1.54, 1.807) is 26.0 Å². The minimum atomic E-state index is -1.12. The first-order valence-corrected chi connectivity index (χ1v) is 11.1. The molecule has 0 aliphatic heterocycles. The average molecular weight is 492 g/mol. The molecule has 1 aliphatic carbocycles. The van der Waals surface area contributed by atoms with Crippen molar-refractivity contribution in [1.29, 1.82) is 0 Å². The highest BCUT2D eigenvalue weighted by Crippen LogP contribution is 2.45. The number of hydrogen-bond acceptors (Lipinski definition) is 7. The van der Waals surface area contributed by atoms with Crippen LogP contribution >= 0.6 is 0 Å². The Kier molecular flexibility index (Phi) is 6.69. The van der Waals surface area contributed by atoms with Crippen molar-refractivity contribution in [2.45, 2.75) is 25.8 Å². The second kappa shape index (κ2) is 9.87. The zero-order chi connectivity index (χ0) is 26.0. The van der Waals surface area contributed by atoms with Crippen LogP contribution in [0.25, 0.3) is 11.1 Å². The SMILES string of the molecule is C=C(C)C(=O)NC(C)C(=O)Nc1ccc2c(c1)C(COC(=O)On1c(O)ccc1O)c1ccccc1-2. The van der Waals surface area contributed by atoms with Crippen LogP contribution < -0.4 is 15.5 Å². The summed E-state index contributed by atoms with van der Waals surface area (Å²) in [4.78, 5) is 41.5. The maximum Gasteiger partial charge on any atom is 0.534 e. The van der Waals surface area contributed by atoms with Gasteiger partial charge in [0.05, 0.1) is 0 Å². The number of nitrogens with zero attached hydrogens (tertiary/aromatic N) is 1. The summed E-state index contributed by atoms with van der Waals surface area (Å²) >= 11 is 0. The molecule has 2 amide bonds. The molecule has 0 bridgehead atoms. The van der Waals surface area contributed by atoms with Crippen molar-refractivity contribution in [3.63, 3.8) is 0 Å². The highest BCUT2D eigenvalue weighted by molar-refractivity contribution is 6.00. The second-order valence-corrected chi connectivity index (χ2v) is 8.40. The van der Waals surface area contributed by atoms with Gasteiger partial charge in [-0.05, 0) is 48.2 Å². The van der Waals surface area contributed by atoms with Gasteiger partial charge in [0.25, 0.3) is 0 Å². The number of ether oxygens (including phenoxy) is 1. The van der Waals surface area contributed by atoms with Crippen molar-refractivity contribution in [3.05, 3.63) is 77.9 Å². The molecule has 0 saturated heterocycles. The van der Waals surface area contributed by atoms with Crippen molar-refractivity contribution in [1.82, 2.24) is 10.0 Å². The molecule has 10 nitrogen and oxygen atoms in total. The third-order valence-electron chi connectivity index (χ3n) is 5.78. The predicted octanol–water partition coefficient (Wildman–Crippen LogP) is 3.30. The minimum Gasteiger partial charge on any atom is -0.492 e. The number of rotatable bonds is 7. The number of carbonyl (C=O) groups excluding carboxylic acids is 3. The fourth-order valence-electron chi connectivity index (χ4n) is 3.95. The highest BCUT2D eigenvalue weighted by atomic mass is 16.8. The lowest BCUT2D eigenvalue weighted by molar-refractivity contribution is -0.123. The van der Waals surface area contributed by atoms with Gasteiger partial charge in [0.15, 0.2) is 0 Å². The lowest BCUT2D eigenvalue weighted by Crippen LogP contribution is -2.41. The summed E-state index contributed by atoms with van der Waals surface area (Å²) in [5.41, 5.74) is 4.46. The number of aromatic nitrogens is 1. The van der Waals surface area contributed by atoms with E-state index in [1.165, 1.54) is 0 Å². The zero-order valence-corrected chi connectivity index (χ0v) is 19.6. The van der Waals surface area contributed by atoms with Crippen LogP contribution in [0.1, 0.15) is 30.9 Å². The van der Waals surface area contributed by atoms with Gasteiger partial charge < -0.3 is 25.6 Å².